The lowest BCUT2D eigenvalue weighted by Crippen LogP contribution is -2.43. The molecule has 0 saturated carbocycles. The van der Waals surface area contributed by atoms with Crippen LogP contribution in [0.2, 0.25) is 0 Å². The van der Waals surface area contributed by atoms with E-state index in [1.54, 1.807) is 10.9 Å². The number of likely N-dealkylation sites (tertiary alicyclic amines) is 1. The minimum Gasteiger partial charge on any atom is -0.480 e. The number of rotatable bonds is 5. The zero-order valence-corrected chi connectivity index (χ0v) is 14.1. The topological polar surface area (TPSA) is 58.4 Å². The molecule has 1 atom stereocenters. The van der Waals surface area contributed by atoms with Gasteiger partial charge in [0.15, 0.2) is 0 Å². The van der Waals surface area contributed by atoms with E-state index >= 15 is 0 Å². The van der Waals surface area contributed by atoms with E-state index in [0.717, 1.165) is 37.1 Å². The van der Waals surface area contributed by atoms with Gasteiger partial charge in [0.1, 0.15) is 6.04 Å². The summed E-state index contributed by atoms with van der Waals surface area (Å²) < 4.78 is 39.4. The van der Waals surface area contributed by atoms with Crippen molar-refractivity contribution in [2.24, 2.45) is 0 Å². The molecule has 8 heteroatoms. The third-order valence-electron chi connectivity index (χ3n) is 4.60. The van der Waals surface area contributed by atoms with Gasteiger partial charge in [-0.3, -0.25) is 14.4 Å². The molecular weight excluding hydrogens is 347 g/mol. The summed E-state index contributed by atoms with van der Waals surface area (Å²) in [6.45, 7) is 1.60. The van der Waals surface area contributed by atoms with Crippen molar-refractivity contribution in [3.8, 4) is 0 Å². The Balaban J connectivity index is 1.63. The van der Waals surface area contributed by atoms with Gasteiger partial charge in [0.2, 0.25) is 0 Å². The van der Waals surface area contributed by atoms with Crippen LogP contribution < -0.4 is 0 Å². The number of alkyl halides is 3. The van der Waals surface area contributed by atoms with E-state index in [0.29, 0.717) is 25.1 Å². The van der Waals surface area contributed by atoms with Gasteiger partial charge in [-0.25, -0.2) is 0 Å². The minimum atomic E-state index is -4.34. The van der Waals surface area contributed by atoms with Gasteiger partial charge in [-0.2, -0.15) is 18.3 Å². The number of carbonyl (C=O) groups is 1. The summed E-state index contributed by atoms with van der Waals surface area (Å²) in [7, 11) is 0. The molecular formula is C18H20F3N3O2. The van der Waals surface area contributed by atoms with Crippen LogP contribution in [-0.4, -0.2) is 38.3 Å². The first-order valence-electron chi connectivity index (χ1n) is 8.47. The Labute approximate surface area is 149 Å². The maximum absolute atomic E-state index is 12.6. The van der Waals surface area contributed by atoms with Crippen molar-refractivity contribution in [3.63, 3.8) is 0 Å². The highest BCUT2D eigenvalue weighted by Gasteiger charge is 2.30. The van der Waals surface area contributed by atoms with Gasteiger partial charge in [0, 0.05) is 18.3 Å². The van der Waals surface area contributed by atoms with E-state index in [1.165, 1.54) is 12.1 Å². The molecule has 1 N–H and O–H groups in total. The molecule has 2 heterocycles. The van der Waals surface area contributed by atoms with Gasteiger partial charge in [0.05, 0.1) is 18.3 Å². The molecule has 1 aliphatic heterocycles. The maximum atomic E-state index is 12.6. The number of benzene rings is 1. The summed E-state index contributed by atoms with van der Waals surface area (Å²) in [5, 5.41) is 13.6. The Morgan fingerprint density at radius 2 is 1.88 bits per heavy atom. The molecule has 1 aromatic carbocycles. The van der Waals surface area contributed by atoms with Crippen LogP contribution >= 0.6 is 0 Å². The monoisotopic (exact) mass is 367 g/mol. The summed E-state index contributed by atoms with van der Waals surface area (Å²) in [4.78, 5) is 13.3. The molecule has 2 aromatic rings. The number of carboxylic acid groups (broad SMARTS) is 1. The minimum absolute atomic E-state index is 0.362. The fourth-order valence-electron chi connectivity index (χ4n) is 3.26. The second-order valence-electron chi connectivity index (χ2n) is 6.56. The fraction of sp³-hybridized carbons (Fsp3) is 0.444. The fourth-order valence-corrected chi connectivity index (χ4v) is 3.26. The van der Waals surface area contributed by atoms with Crippen LogP contribution in [0.4, 0.5) is 13.2 Å². The zero-order valence-electron chi connectivity index (χ0n) is 14.1. The molecule has 3 rings (SSSR count). The van der Waals surface area contributed by atoms with Crippen molar-refractivity contribution in [2.45, 2.75) is 44.6 Å². The normalized spacial score (nSPS) is 18.8. The van der Waals surface area contributed by atoms with Crippen molar-refractivity contribution < 1.29 is 23.1 Å². The van der Waals surface area contributed by atoms with Crippen LogP contribution in [0.1, 0.15) is 36.0 Å². The molecule has 26 heavy (non-hydrogen) atoms. The van der Waals surface area contributed by atoms with E-state index in [-0.39, 0.29) is 0 Å². The summed E-state index contributed by atoms with van der Waals surface area (Å²) >= 11 is 0. The molecule has 1 aliphatic rings. The van der Waals surface area contributed by atoms with Crippen molar-refractivity contribution in [3.05, 3.63) is 53.3 Å². The van der Waals surface area contributed by atoms with E-state index in [4.69, 9.17) is 0 Å². The lowest BCUT2D eigenvalue weighted by molar-refractivity contribution is -0.145. The van der Waals surface area contributed by atoms with Crippen LogP contribution in [0.5, 0.6) is 0 Å². The first-order valence-corrected chi connectivity index (χ1v) is 8.47. The van der Waals surface area contributed by atoms with Crippen molar-refractivity contribution in [2.75, 3.05) is 6.54 Å². The molecule has 0 amide bonds. The second kappa shape index (κ2) is 7.49. The number of carboxylic acids is 1. The Kier molecular flexibility index (Phi) is 5.31. The first kappa shape index (κ1) is 18.4. The van der Waals surface area contributed by atoms with Crippen LogP contribution in [0.3, 0.4) is 0 Å². The summed E-state index contributed by atoms with van der Waals surface area (Å²) in [6.07, 6.45) is 1.69. The molecule has 140 valence electrons. The molecule has 1 aromatic heterocycles. The number of nitrogens with zero attached hydrogens (tertiary/aromatic N) is 3. The molecule has 1 saturated heterocycles. The van der Waals surface area contributed by atoms with Gasteiger partial charge < -0.3 is 5.11 Å². The smallest absolute Gasteiger partial charge is 0.416 e. The number of piperidine rings is 1. The molecule has 1 fully saturated rings. The summed E-state index contributed by atoms with van der Waals surface area (Å²) in [5.41, 5.74) is 0.936. The molecule has 1 unspecified atom stereocenters. The first-order chi connectivity index (χ1) is 12.3. The van der Waals surface area contributed by atoms with E-state index in [9.17, 15) is 23.1 Å². The third-order valence-corrected chi connectivity index (χ3v) is 4.60. The van der Waals surface area contributed by atoms with Gasteiger partial charge in [-0.1, -0.05) is 18.6 Å². The van der Waals surface area contributed by atoms with Crippen LogP contribution in [0.15, 0.2) is 36.7 Å². The van der Waals surface area contributed by atoms with E-state index in [1.807, 2.05) is 11.1 Å². The molecule has 0 radical (unpaired) electrons. The largest absolute Gasteiger partial charge is 0.480 e. The third kappa shape index (κ3) is 4.43. The number of hydrogen-bond donors (Lipinski definition) is 1. The second-order valence-corrected chi connectivity index (χ2v) is 6.56. The number of hydrogen-bond acceptors (Lipinski definition) is 3. The number of aliphatic carboxylic acids is 1. The zero-order chi connectivity index (χ0) is 18.7. The van der Waals surface area contributed by atoms with Crippen molar-refractivity contribution in [1.82, 2.24) is 14.7 Å². The highest BCUT2D eigenvalue weighted by atomic mass is 19.4. The van der Waals surface area contributed by atoms with E-state index in [2.05, 4.69) is 5.10 Å². The van der Waals surface area contributed by atoms with Crippen LogP contribution in [0, 0.1) is 0 Å². The highest BCUT2D eigenvalue weighted by Crippen LogP contribution is 2.29. The van der Waals surface area contributed by atoms with Gasteiger partial charge in [-0.15, -0.1) is 0 Å². The lowest BCUT2D eigenvalue weighted by atomic mass is 10.0. The van der Waals surface area contributed by atoms with E-state index < -0.39 is 23.8 Å². The Morgan fingerprint density at radius 1 is 1.15 bits per heavy atom. The Hall–Kier alpha value is -2.35. The van der Waals surface area contributed by atoms with Gasteiger partial charge in [0.25, 0.3) is 0 Å². The average molecular weight is 367 g/mol. The van der Waals surface area contributed by atoms with Gasteiger partial charge in [-0.05, 0) is 37.1 Å². The maximum Gasteiger partial charge on any atom is 0.416 e. The number of halogens is 3. The number of aromatic nitrogens is 2. The summed E-state index contributed by atoms with van der Waals surface area (Å²) in [5.74, 6) is -0.804. The standard InChI is InChI=1S/C18H20F3N3O2/c19-18(20,21)15-6-4-13(5-7-15)11-24-12-14(9-22-24)10-23-8-2-1-3-16(23)17(25)26/h4-7,9,12,16H,1-3,8,10-11H2,(H,25,26). The predicted octanol–water partition coefficient (Wildman–Crippen LogP) is 3.39. The SMILES string of the molecule is O=C(O)C1CCCCN1Cc1cnn(Cc2ccc(C(F)(F)F)cc2)c1. The highest BCUT2D eigenvalue weighted by molar-refractivity contribution is 5.73. The quantitative estimate of drug-likeness (QED) is 0.880. The van der Waals surface area contributed by atoms with Crippen LogP contribution in [-0.2, 0) is 24.1 Å². The van der Waals surface area contributed by atoms with Crippen LogP contribution in [0.25, 0.3) is 0 Å². The predicted molar refractivity (Wildman–Crippen MR) is 88.5 cm³/mol. The molecule has 0 bridgehead atoms. The van der Waals surface area contributed by atoms with Crippen molar-refractivity contribution in [1.29, 1.82) is 0 Å². The average Bonchev–Trinajstić information content (AvgIpc) is 3.02. The van der Waals surface area contributed by atoms with Gasteiger partial charge >= 0.3 is 12.1 Å². The molecule has 0 spiro atoms. The molecule has 0 aliphatic carbocycles. The molecule has 5 nitrogen and oxygen atoms in total. The summed E-state index contributed by atoms with van der Waals surface area (Å²) in [6, 6.07) is 4.53. The Morgan fingerprint density at radius 3 is 2.54 bits per heavy atom. The Bertz CT molecular complexity index is 756. The lowest BCUT2D eigenvalue weighted by Gasteiger charge is -2.32. The van der Waals surface area contributed by atoms with Crippen molar-refractivity contribution >= 4 is 5.97 Å².